The molecule has 0 saturated heterocycles. The zero-order valence-electron chi connectivity index (χ0n) is 12.0. The largest absolute Gasteiger partial charge is 0.396 e. The molecular formula is C12H22N4OS2. The Labute approximate surface area is 122 Å². The predicted molar refractivity (Wildman–Crippen MR) is 85.5 cm³/mol. The van der Waals surface area contributed by atoms with Crippen LogP contribution in [0.15, 0.2) is 4.90 Å². The van der Waals surface area contributed by atoms with Crippen molar-refractivity contribution in [2.75, 3.05) is 45.0 Å². The highest BCUT2D eigenvalue weighted by atomic mass is 32.2. The van der Waals surface area contributed by atoms with E-state index in [1.807, 2.05) is 20.4 Å². The third-order valence-corrected chi connectivity index (χ3v) is 5.10. The van der Waals surface area contributed by atoms with E-state index in [1.165, 1.54) is 11.3 Å². The van der Waals surface area contributed by atoms with Crippen molar-refractivity contribution in [1.82, 2.24) is 10.2 Å². The van der Waals surface area contributed by atoms with Crippen molar-refractivity contribution in [2.24, 2.45) is 0 Å². The third kappa shape index (κ3) is 3.77. The molecule has 1 aromatic rings. The molecule has 1 amide bonds. The van der Waals surface area contributed by atoms with Gasteiger partial charge in [-0.2, -0.15) is 0 Å². The zero-order chi connectivity index (χ0) is 14.6. The standard InChI is InChI=1S/C12H22N4OS2/c1-7(16(3)4)6-15-12-10(18-5)8(13)9(19-12)11(17)14-2/h7,15H,6,13H2,1-5H3,(H,14,17). The number of amides is 1. The van der Waals surface area contributed by atoms with Gasteiger partial charge in [-0.1, -0.05) is 0 Å². The monoisotopic (exact) mass is 302 g/mol. The first-order valence-corrected chi connectivity index (χ1v) is 8.05. The fourth-order valence-electron chi connectivity index (χ4n) is 1.45. The molecule has 0 aliphatic rings. The Balaban J connectivity index is 2.91. The fourth-order valence-corrected chi connectivity index (χ4v) is 3.44. The van der Waals surface area contributed by atoms with E-state index in [2.05, 4.69) is 22.5 Å². The number of nitrogens with zero attached hydrogens (tertiary/aromatic N) is 1. The first-order valence-electron chi connectivity index (χ1n) is 6.01. The van der Waals surface area contributed by atoms with Gasteiger partial charge in [-0.05, 0) is 27.3 Å². The number of nitrogen functional groups attached to an aromatic ring is 1. The van der Waals surface area contributed by atoms with E-state index in [0.717, 1.165) is 16.4 Å². The Bertz CT molecular complexity index is 445. The Kier molecular flexibility index (Phi) is 5.96. The lowest BCUT2D eigenvalue weighted by Gasteiger charge is -2.20. The molecule has 1 rings (SSSR count). The number of hydrogen-bond donors (Lipinski definition) is 3. The molecule has 0 fully saturated rings. The lowest BCUT2D eigenvalue weighted by molar-refractivity contribution is 0.0968. The summed E-state index contributed by atoms with van der Waals surface area (Å²) in [5, 5.41) is 6.97. The minimum Gasteiger partial charge on any atom is -0.396 e. The van der Waals surface area contributed by atoms with Crippen molar-refractivity contribution in [3.05, 3.63) is 4.88 Å². The Hall–Kier alpha value is -0.920. The summed E-state index contributed by atoms with van der Waals surface area (Å²) in [5.41, 5.74) is 6.60. The Morgan fingerprint density at radius 1 is 1.53 bits per heavy atom. The minimum absolute atomic E-state index is 0.133. The number of anilines is 2. The zero-order valence-corrected chi connectivity index (χ0v) is 13.7. The molecule has 0 aliphatic carbocycles. The van der Waals surface area contributed by atoms with Crippen LogP contribution < -0.4 is 16.4 Å². The first kappa shape index (κ1) is 16.1. The van der Waals surface area contributed by atoms with Gasteiger partial charge in [0.15, 0.2) is 0 Å². The van der Waals surface area contributed by atoms with E-state index in [9.17, 15) is 4.79 Å². The quantitative estimate of drug-likeness (QED) is 0.699. The Morgan fingerprint density at radius 3 is 2.63 bits per heavy atom. The van der Waals surface area contributed by atoms with Gasteiger partial charge >= 0.3 is 0 Å². The van der Waals surface area contributed by atoms with Crippen LogP contribution in [0.4, 0.5) is 10.7 Å². The van der Waals surface area contributed by atoms with E-state index in [0.29, 0.717) is 16.6 Å². The van der Waals surface area contributed by atoms with Gasteiger partial charge in [0.2, 0.25) is 0 Å². The van der Waals surface area contributed by atoms with Gasteiger partial charge in [0.1, 0.15) is 9.88 Å². The number of thioether (sulfide) groups is 1. The second-order valence-electron chi connectivity index (χ2n) is 4.48. The van der Waals surface area contributed by atoms with Gasteiger partial charge in [-0.25, -0.2) is 0 Å². The average Bonchev–Trinajstić information content (AvgIpc) is 2.71. The van der Waals surface area contributed by atoms with Crippen molar-refractivity contribution in [2.45, 2.75) is 17.9 Å². The van der Waals surface area contributed by atoms with Crippen LogP contribution in [-0.4, -0.2) is 50.8 Å². The molecule has 0 saturated carbocycles. The number of rotatable bonds is 6. The first-order chi connectivity index (χ1) is 8.92. The molecule has 0 radical (unpaired) electrons. The van der Waals surface area contributed by atoms with Crippen LogP contribution >= 0.6 is 23.1 Å². The fraction of sp³-hybridized carbons (Fsp3) is 0.583. The lowest BCUT2D eigenvalue weighted by Crippen LogP contribution is -2.31. The summed E-state index contributed by atoms with van der Waals surface area (Å²) >= 11 is 2.97. The predicted octanol–water partition coefficient (Wildman–Crippen LogP) is 1.77. The van der Waals surface area contributed by atoms with Crippen LogP contribution in [0, 0.1) is 0 Å². The number of likely N-dealkylation sites (N-methyl/N-ethyl adjacent to an activating group) is 1. The molecule has 19 heavy (non-hydrogen) atoms. The summed E-state index contributed by atoms with van der Waals surface area (Å²) < 4.78 is 0. The van der Waals surface area contributed by atoms with E-state index in [-0.39, 0.29) is 5.91 Å². The van der Waals surface area contributed by atoms with E-state index in [4.69, 9.17) is 5.73 Å². The van der Waals surface area contributed by atoms with Crippen LogP contribution in [0.2, 0.25) is 0 Å². The summed E-state index contributed by atoms with van der Waals surface area (Å²) in [7, 11) is 5.70. The van der Waals surface area contributed by atoms with Crippen molar-refractivity contribution >= 4 is 39.7 Å². The van der Waals surface area contributed by atoms with Crippen LogP contribution in [0.5, 0.6) is 0 Å². The van der Waals surface area contributed by atoms with E-state index >= 15 is 0 Å². The summed E-state index contributed by atoms with van der Waals surface area (Å²) in [6.07, 6.45) is 1.96. The smallest absolute Gasteiger partial charge is 0.263 e. The molecule has 0 aromatic carbocycles. The SMILES string of the molecule is CNC(=O)c1sc(NCC(C)N(C)C)c(SC)c1N. The molecule has 1 aromatic heterocycles. The van der Waals surface area contributed by atoms with Gasteiger partial charge in [0.05, 0.1) is 10.6 Å². The molecule has 1 heterocycles. The number of carbonyl (C=O) groups excluding carboxylic acids is 1. The molecule has 7 heteroatoms. The number of thiophene rings is 1. The molecular weight excluding hydrogens is 280 g/mol. The minimum atomic E-state index is -0.133. The highest BCUT2D eigenvalue weighted by molar-refractivity contribution is 7.99. The van der Waals surface area contributed by atoms with Gasteiger partial charge in [0, 0.05) is 19.6 Å². The number of nitrogens with two attached hydrogens (primary N) is 1. The molecule has 5 nitrogen and oxygen atoms in total. The summed E-state index contributed by atoms with van der Waals surface area (Å²) in [6.45, 7) is 2.95. The number of nitrogens with one attached hydrogen (secondary N) is 2. The van der Waals surface area contributed by atoms with Gasteiger partial charge in [-0.3, -0.25) is 4.79 Å². The lowest BCUT2D eigenvalue weighted by atomic mass is 10.3. The molecule has 1 unspecified atom stereocenters. The maximum Gasteiger partial charge on any atom is 0.263 e. The molecule has 0 bridgehead atoms. The molecule has 108 valence electrons. The van der Waals surface area contributed by atoms with E-state index in [1.54, 1.807) is 18.8 Å². The topological polar surface area (TPSA) is 70.4 Å². The third-order valence-electron chi connectivity index (χ3n) is 2.98. The van der Waals surface area contributed by atoms with Crippen molar-refractivity contribution in [3.8, 4) is 0 Å². The van der Waals surface area contributed by atoms with Crippen LogP contribution in [0.3, 0.4) is 0 Å². The van der Waals surface area contributed by atoms with Crippen molar-refractivity contribution in [1.29, 1.82) is 0 Å². The number of hydrogen-bond acceptors (Lipinski definition) is 6. The maximum absolute atomic E-state index is 11.7. The molecule has 1 atom stereocenters. The van der Waals surface area contributed by atoms with Crippen LogP contribution in [-0.2, 0) is 0 Å². The average molecular weight is 302 g/mol. The van der Waals surface area contributed by atoms with Gasteiger partial charge < -0.3 is 21.3 Å². The second-order valence-corrected chi connectivity index (χ2v) is 6.32. The van der Waals surface area contributed by atoms with Gasteiger partial charge in [0.25, 0.3) is 5.91 Å². The summed E-state index contributed by atoms with van der Waals surface area (Å²) in [4.78, 5) is 15.4. The van der Waals surface area contributed by atoms with Crippen LogP contribution in [0.1, 0.15) is 16.6 Å². The van der Waals surface area contributed by atoms with E-state index < -0.39 is 0 Å². The highest BCUT2D eigenvalue weighted by Crippen LogP contribution is 2.41. The maximum atomic E-state index is 11.7. The Morgan fingerprint density at radius 2 is 2.16 bits per heavy atom. The molecule has 0 aliphatic heterocycles. The molecule has 4 N–H and O–H groups in total. The normalized spacial score (nSPS) is 12.5. The van der Waals surface area contributed by atoms with Crippen LogP contribution in [0.25, 0.3) is 0 Å². The highest BCUT2D eigenvalue weighted by Gasteiger charge is 2.20. The summed E-state index contributed by atoms with van der Waals surface area (Å²) in [6, 6.07) is 0.404. The number of carbonyl (C=O) groups is 1. The van der Waals surface area contributed by atoms with Crippen molar-refractivity contribution in [3.63, 3.8) is 0 Å². The second kappa shape index (κ2) is 7.02. The summed E-state index contributed by atoms with van der Waals surface area (Å²) in [5.74, 6) is -0.133. The van der Waals surface area contributed by atoms with Gasteiger partial charge in [-0.15, -0.1) is 23.1 Å². The van der Waals surface area contributed by atoms with Crippen molar-refractivity contribution < 1.29 is 4.79 Å². The molecule has 0 spiro atoms.